The number of imidazole rings is 1. The summed E-state index contributed by atoms with van der Waals surface area (Å²) < 4.78 is 10.9. The van der Waals surface area contributed by atoms with E-state index in [2.05, 4.69) is 45.6 Å². The van der Waals surface area contributed by atoms with Gasteiger partial charge in [-0.05, 0) is 56.0 Å². The monoisotopic (exact) mass is 527 g/mol. The van der Waals surface area contributed by atoms with Crippen molar-refractivity contribution in [3.05, 3.63) is 90.4 Å². The van der Waals surface area contributed by atoms with E-state index >= 15 is 0 Å². The molecule has 0 unspecified atom stereocenters. The SMILES string of the molecule is CC(C)(C)OC(=O)CCCCC[C@H](NC(=O)OCc1ccccc1)c1ncc(-c2ccc3ccccc3c2)[nH]1. The summed E-state index contributed by atoms with van der Waals surface area (Å²) in [5.41, 5.74) is 2.34. The van der Waals surface area contributed by atoms with Gasteiger partial charge in [-0.3, -0.25) is 4.79 Å². The quantitative estimate of drug-likeness (QED) is 0.156. The van der Waals surface area contributed by atoms with Crippen molar-refractivity contribution < 1.29 is 19.1 Å². The molecule has 204 valence electrons. The van der Waals surface area contributed by atoms with Gasteiger partial charge in [-0.25, -0.2) is 9.78 Å². The van der Waals surface area contributed by atoms with Crippen LogP contribution in [0.3, 0.4) is 0 Å². The van der Waals surface area contributed by atoms with Crippen molar-refractivity contribution in [2.45, 2.75) is 71.1 Å². The fourth-order valence-electron chi connectivity index (χ4n) is 4.39. The van der Waals surface area contributed by atoms with Crippen LogP contribution in [0.2, 0.25) is 0 Å². The molecule has 0 fully saturated rings. The summed E-state index contributed by atoms with van der Waals surface area (Å²) >= 11 is 0. The maximum Gasteiger partial charge on any atom is 0.408 e. The molecule has 7 heteroatoms. The van der Waals surface area contributed by atoms with Gasteiger partial charge >= 0.3 is 12.1 Å². The Morgan fingerprint density at radius 2 is 1.67 bits per heavy atom. The number of carbonyl (C=O) groups is 2. The molecule has 1 aromatic heterocycles. The number of alkyl carbamates (subject to hydrolysis) is 1. The van der Waals surface area contributed by atoms with E-state index in [1.165, 1.54) is 5.39 Å². The van der Waals surface area contributed by atoms with Crippen LogP contribution in [0.15, 0.2) is 79.0 Å². The van der Waals surface area contributed by atoms with Crippen molar-refractivity contribution in [1.29, 1.82) is 0 Å². The number of ether oxygens (including phenoxy) is 2. The van der Waals surface area contributed by atoms with Crippen molar-refractivity contribution in [3.8, 4) is 11.3 Å². The first-order valence-electron chi connectivity index (χ1n) is 13.5. The van der Waals surface area contributed by atoms with E-state index in [0.29, 0.717) is 18.7 Å². The van der Waals surface area contributed by atoms with Crippen molar-refractivity contribution in [2.24, 2.45) is 0 Å². The highest BCUT2D eigenvalue weighted by molar-refractivity contribution is 5.86. The lowest BCUT2D eigenvalue weighted by Gasteiger charge is -2.19. The minimum absolute atomic E-state index is 0.187. The molecule has 0 spiro atoms. The number of esters is 1. The minimum atomic E-state index is -0.499. The van der Waals surface area contributed by atoms with E-state index in [4.69, 9.17) is 9.47 Å². The highest BCUT2D eigenvalue weighted by Crippen LogP contribution is 2.26. The zero-order chi connectivity index (χ0) is 27.7. The van der Waals surface area contributed by atoms with Gasteiger partial charge in [0.2, 0.25) is 0 Å². The summed E-state index contributed by atoms with van der Waals surface area (Å²) in [6.45, 7) is 5.80. The van der Waals surface area contributed by atoms with E-state index in [-0.39, 0.29) is 18.6 Å². The summed E-state index contributed by atoms with van der Waals surface area (Å²) in [5, 5.41) is 5.30. The van der Waals surface area contributed by atoms with Gasteiger partial charge in [0.25, 0.3) is 0 Å². The van der Waals surface area contributed by atoms with Crippen LogP contribution < -0.4 is 5.32 Å². The number of nitrogens with one attached hydrogen (secondary N) is 2. The predicted molar refractivity (Wildman–Crippen MR) is 153 cm³/mol. The average Bonchev–Trinajstić information content (AvgIpc) is 3.41. The molecular formula is C32H37N3O4. The van der Waals surface area contributed by atoms with Crippen LogP contribution in [0.1, 0.15) is 70.3 Å². The Balaban J connectivity index is 1.40. The topological polar surface area (TPSA) is 93.3 Å². The largest absolute Gasteiger partial charge is 0.460 e. The van der Waals surface area contributed by atoms with Crippen LogP contribution in [0.4, 0.5) is 4.79 Å². The highest BCUT2D eigenvalue weighted by Gasteiger charge is 2.20. The molecule has 39 heavy (non-hydrogen) atoms. The molecule has 0 bridgehead atoms. The van der Waals surface area contributed by atoms with Gasteiger partial charge in [0.15, 0.2) is 0 Å². The van der Waals surface area contributed by atoms with Gasteiger partial charge in [0, 0.05) is 12.0 Å². The molecule has 0 radical (unpaired) electrons. The fraction of sp³-hybridized carbons (Fsp3) is 0.344. The lowest BCUT2D eigenvalue weighted by atomic mass is 10.1. The molecular weight excluding hydrogens is 490 g/mol. The summed E-state index contributed by atoms with van der Waals surface area (Å²) in [6, 6.07) is 23.7. The van der Waals surface area contributed by atoms with E-state index in [1.807, 2.05) is 63.2 Å². The Hall–Kier alpha value is -4.13. The van der Waals surface area contributed by atoms with E-state index in [9.17, 15) is 9.59 Å². The molecule has 1 amide bonds. The standard InChI is InChI=1S/C32H37N3O4/c1-32(2,3)39-29(36)17-9-5-8-16-27(35-31(37)38-22-23-12-6-4-7-13-23)30-33-21-28(34-30)26-19-18-24-14-10-11-15-25(24)20-26/h4,6-7,10-15,18-21,27H,5,8-9,16-17,22H2,1-3H3,(H,33,34)(H,35,37)/t27-/m0/s1. The molecule has 0 aliphatic heterocycles. The number of H-pyrrole nitrogens is 1. The van der Waals surface area contributed by atoms with Crippen molar-refractivity contribution in [3.63, 3.8) is 0 Å². The maximum atomic E-state index is 12.7. The first kappa shape index (κ1) is 27.9. The molecule has 1 atom stereocenters. The Morgan fingerprint density at radius 3 is 2.44 bits per heavy atom. The van der Waals surface area contributed by atoms with Crippen LogP contribution in [0.5, 0.6) is 0 Å². The maximum absolute atomic E-state index is 12.7. The number of hydrogen-bond donors (Lipinski definition) is 2. The molecule has 0 aliphatic carbocycles. The second-order valence-corrected chi connectivity index (χ2v) is 10.7. The number of rotatable bonds is 11. The van der Waals surface area contributed by atoms with Gasteiger partial charge in [0.05, 0.1) is 17.9 Å². The third kappa shape index (κ3) is 8.70. The normalized spacial score (nSPS) is 12.2. The number of benzene rings is 3. The lowest BCUT2D eigenvalue weighted by molar-refractivity contribution is -0.154. The van der Waals surface area contributed by atoms with Gasteiger partial charge in [-0.15, -0.1) is 0 Å². The third-order valence-corrected chi connectivity index (χ3v) is 6.28. The lowest BCUT2D eigenvalue weighted by Crippen LogP contribution is -2.30. The molecule has 0 aliphatic rings. The Labute approximate surface area is 230 Å². The first-order valence-corrected chi connectivity index (χ1v) is 13.5. The Bertz CT molecular complexity index is 1370. The van der Waals surface area contributed by atoms with Crippen LogP contribution in [-0.4, -0.2) is 27.6 Å². The smallest absolute Gasteiger partial charge is 0.408 e. The van der Waals surface area contributed by atoms with Crippen LogP contribution in [0, 0.1) is 0 Å². The summed E-state index contributed by atoms with van der Waals surface area (Å²) in [6.07, 6.45) is 4.68. The number of hydrogen-bond acceptors (Lipinski definition) is 5. The summed E-state index contributed by atoms with van der Waals surface area (Å²) in [5.74, 6) is 0.481. The van der Waals surface area contributed by atoms with Crippen LogP contribution in [0.25, 0.3) is 22.0 Å². The number of amides is 1. The molecule has 3 aromatic carbocycles. The Kier molecular flexibility index (Phi) is 9.36. The van der Waals surface area contributed by atoms with Crippen LogP contribution >= 0.6 is 0 Å². The van der Waals surface area contributed by atoms with E-state index in [0.717, 1.165) is 41.5 Å². The fourth-order valence-corrected chi connectivity index (χ4v) is 4.39. The van der Waals surface area contributed by atoms with Gasteiger partial charge in [-0.1, -0.05) is 79.6 Å². The van der Waals surface area contributed by atoms with Gasteiger partial charge in [-0.2, -0.15) is 0 Å². The van der Waals surface area contributed by atoms with Crippen molar-refractivity contribution in [1.82, 2.24) is 15.3 Å². The second kappa shape index (κ2) is 13.1. The highest BCUT2D eigenvalue weighted by atomic mass is 16.6. The number of aromatic nitrogens is 2. The molecule has 0 saturated heterocycles. The molecule has 4 aromatic rings. The minimum Gasteiger partial charge on any atom is -0.460 e. The second-order valence-electron chi connectivity index (χ2n) is 10.7. The number of aromatic amines is 1. The van der Waals surface area contributed by atoms with E-state index < -0.39 is 11.7 Å². The van der Waals surface area contributed by atoms with Gasteiger partial charge in [0.1, 0.15) is 18.0 Å². The van der Waals surface area contributed by atoms with E-state index in [1.54, 1.807) is 6.20 Å². The van der Waals surface area contributed by atoms with Crippen LogP contribution in [-0.2, 0) is 20.9 Å². The molecule has 1 heterocycles. The van der Waals surface area contributed by atoms with Crippen molar-refractivity contribution >= 4 is 22.8 Å². The average molecular weight is 528 g/mol. The van der Waals surface area contributed by atoms with Gasteiger partial charge < -0.3 is 19.8 Å². The zero-order valence-corrected chi connectivity index (χ0v) is 22.9. The molecule has 4 rings (SSSR count). The molecule has 0 saturated carbocycles. The third-order valence-electron chi connectivity index (χ3n) is 6.28. The molecule has 7 nitrogen and oxygen atoms in total. The molecule has 2 N–H and O–H groups in total. The summed E-state index contributed by atoms with van der Waals surface area (Å²) in [7, 11) is 0. The number of nitrogens with zero attached hydrogens (tertiary/aromatic N) is 1. The van der Waals surface area contributed by atoms with Crippen molar-refractivity contribution in [2.75, 3.05) is 0 Å². The Morgan fingerprint density at radius 1 is 0.923 bits per heavy atom. The number of unbranched alkanes of at least 4 members (excludes halogenated alkanes) is 2. The predicted octanol–water partition coefficient (Wildman–Crippen LogP) is 7.49. The first-order chi connectivity index (χ1) is 18.8. The number of fused-ring (bicyclic) bond motifs is 1. The zero-order valence-electron chi connectivity index (χ0n) is 22.9. The number of carbonyl (C=O) groups excluding carboxylic acids is 2. The summed E-state index contributed by atoms with van der Waals surface area (Å²) in [4.78, 5) is 32.7.